The number of rotatable bonds is 1. The topological polar surface area (TPSA) is 59.0 Å². The van der Waals surface area contributed by atoms with Gasteiger partial charge in [-0.15, -0.1) is 0 Å². The average molecular weight is 253 g/mol. The number of aromatic nitrogens is 2. The van der Waals surface area contributed by atoms with Crippen molar-refractivity contribution in [3.05, 3.63) is 24.3 Å². The molecule has 19 heavy (non-hydrogen) atoms. The number of para-hydroxylation sites is 2. The highest BCUT2D eigenvalue weighted by Crippen LogP contribution is 2.34. The minimum Gasteiger partial charge on any atom is -0.337 e. The zero-order chi connectivity index (χ0) is 12.8. The maximum atomic E-state index is 9.03. The highest BCUT2D eigenvalue weighted by molar-refractivity contribution is 5.77. The summed E-state index contributed by atoms with van der Waals surface area (Å²) in [6, 6.07) is 8.53. The summed E-state index contributed by atoms with van der Waals surface area (Å²) < 4.78 is 0. The van der Waals surface area contributed by atoms with E-state index in [1.54, 1.807) is 0 Å². The molecule has 0 aliphatic carbocycles. The number of likely N-dealkylation sites (tertiary alicyclic amines) is 1. The van der Waals surface area contributed by atoms with Gasteiger partial charge in [-0.2, -0.15) is 5.26 Å². The third kappa shape index (κ3) is 1.56. The lowest BCUT2D eigenvalue weighted by Crippen LogP contribution is -2.35. The normalized spacial score (nSPS) is 25.8. The number of nitriles is 1. The summed E-state index contributed by atoms with van der Waals surface area (Å²) in [4.78, 5) is 12.3. The Labute approximate surface area is 111 Å². The zero-order valence-electron chi connectivity index (χ0n) is 10.6. The predicted molar refractivity (Wildman–Crippen MR) is 72.5 cm³/mol. The molecule has 2 fully saturated rings. The van der Waals surface area contributed by atoms with Gasteiger partial charge < -0.3 is 14.8 Å². The summed E-state index contributed by atoms with van der Waals surface area (Å²) in [5.74, 6) is 1.56. The number of aromatic amines is 1. The standard InChI is InChI=1S/C14H15N5/c15-9-18-7-10-5-6-19(13(10)8-18)14-16-11-3-1-2-4-12(11)17-14/h1-4,10,13H,5-8H2,(H,16,17)/t10-,13+/m1/s1. The van der Waals surface area contributed by atoms with Gasteiger partial charge in [0.05, 0.1) is 17.1 Å². The third-order valence-corrected chi connectivity index (χ3v) is 4.34. The van der Waals surface area contributed by atoms with Crippen molar-refractivity contribution >= 4 is 17.0 Å². The van der Waals surface area contributed by atoms with E-state index in [1.165, 1.54) is 0 Å². The Morgan fingerprint density at radius 3 is 3.05 bits per heavy atom. The van der Waals surface area contributed by atoms with Crippen molar-refractivity contribution in [1.82, 2.24) is 14.9 Å². The quantitative estimate of drug-likeness (QED) is 0.783. The molecule has 1 N–H and O–H groups in total. The first kappa shape index (κ1) is 10.7. The molecule has 4 rings (SSSR count). The molecule has 1 aromatic heterocycles. The molecular formula is C14H15N5. The Morgan fingerprint density at radius 2 is 2.21 bits per heavy atom. The van der Waals surface area contributed by atoms with Crippen LogP contribution in [0.25, 0.3) is 11.0 Å². The van der Waals surface area contributed by atoms with Crippen LogP contribution in [0.5, 0.6) is 0 Å². The number of hydrogen-bond donors (Lipinski definition) is 1. The van der Waals surface area contributed by atoms with Crippen LogP contribution in [-0.4, -0.2) is 40.5 Å². The van der Waals surface area contributed by atoms with Gasteiger partial charge in [0.15, 0.2) is 6.19 Å². The highest BCUT2D eigenvalue weighted by Gasteiger charge is 2.42. The van der Waals surface area contributed by atoms with Gasteiger partial charge in [-0.25, -0.2) is 4.98 Å². The van der Waals surface area contributed by atoms with Crippen LogP contribution in [0.4, 0.5) is 5.95 Å². The van der Waals surface area contributed by atoms with Crippen molar-refractivity contribution in [3.63, 3.8) is 0 Å². The van der Waals surface area contributed by atoms with Gasteiger partial charge in [0, 0.05) is 25.6 Å². The van der Waals surface area contributed by atoms with Crippen LogP contribution in [0.15, 0.2) is 24.3 Å². The highest BCUT2D eigenvalue weighted by atomic mass is 15.3. The van der Waals surface area contributed by atoms with Gasteiger partial charge >= 0.3 is 0 Å². The summed E-state index contributed by atoms with van der Waals surface area (Å²) in [7, 11) is 0. The van der Waals surface area contributed by atoms with Crippen LogP contribution >= 0.6 is 0 Å². The summed E-state index contributed by atoms with van der Waals surface area (Å²) in [5, 5.41) is 9.03. The first-order valence-electron chi connectivity index (χ1n) is 6.71. The number of nitrogens with one attached hydrogen (secondary N) is 1. The predicted octanol–water partition coefficient (Wildman–Crippen LogP) is 1.55. The van der Waals surface area contributed by atoms with E-state index in [0.717, 1.165) is 43.0 Å². The first-order chi connectivity index (χ1) is 9.35. The fraction of sp³-hybridized carbons (Fsp3) is 0.429. The molecule has 2 aromatic rings. The van der Waals surface area contributed by atoms with E-state index < -0.39 is 0 Å². The van der Waals surface area contributed by atoms with Crippen LogP contribution in [0.3, 0.4) is 0 Å². The lowest BCUT2D eigenvalue weighted by molar-refractivity contribution is 0.446. The van der Waals surface area contributed by atoms with E-state index in [2.05, 4.69) is 27.1 Å². The number of hydrogen-bond acceptors (Lipinski definition) is 4. The second-order valence-electron chi connectivity index (χ2n) is 5.39. The number of benzene rings is 1. The Balaban J connectivity index is 1.67. The Bertz CT molecular complexity index is 622. The van der Waals surface area contributed by atoms with Crippen LogP contribution < -0.4 is 4.90 Å². The smallest absolute Gasteiger partial charge is 0.204 e. The van der Waals surface area contributed by atoms with E-state index in [1.807, 2.05) is 23.1 Å². The van der Waals surface area contributed by atoms with Gasteiger partial charge in [-0.05, 0) is 18.6 Å². The summed E-state index contributed by atoms with van der Waals surface area (Å²) in [5.41, 5.74) is 2.09. The number of anilines is 1. The Morgan fingerprint density at radius 1 is 1.32 bits per heavy atom. The molecule has 2 atom stereocenters. The molecule has 96 valence electrons. The molecule has 0 amide bonds. The van der Waals surface area contributed by atoms with Crippen LogP contribution in [-0.2, 0) is 0 Å². The zero-order valence-corrected chi connectivity index (χ0v) is 10.6. The molecule has 0 bridgehead atoms. The minimum absolute atomic E-state index is 0.431. The van der Waals surface area contributed by atoms with Crippen molar-refractivity contribution in [3.8, 4) is 6.19 Å². The first-order valence-corrected chi connectivity index (χ1v) is 6.71. The van der Waals surface area contributed by atoms with E-state index in [0.29, 0.717) is 12.0 Å². The fourth-order valence-corrected chi connectivity index (χ4v) is 3.38. The van der Waals surface area contributed by atoms with Gasteiger partial charge in [0.2, 0.25) is 5.95 Å². The molecule has 1 aromatic carbocycles. The maximum absolute atomic E-state index is 9.03. The van der Waals surface area contributed by atoms with E-state index in [4.69, 9.17) is 5.26 Å². The van der Waals surface area contributed by atoms with Crippen molar-refractivity contribution in [2.45, 2.75) is 12.5 Å². The number of H-pyrrole nitrogens is 1. The molecule has 5 heteroatoms. The monoisotopic (exact) mass is 253 g/mol. The molecule has 2 aliphatic heterocycles. The number of nitrogens with zero attached hydrogens (tertiary/aromatic N) is 4. The molecular weight excluding hydrogens is 238 g/mol. The van der Waals surface area contributed by atoms with Gasteiger partial charge in [0.25, 0.3) is 0 Å². The Kier molecular flexibility index (Phi) is 2.18. The molecule has 0 radical (unpaired) electrons. The molecule has 0 saturated carbocycles. The molecule has 2 aliphatic rings. The van der Waals surface area contributed by atoms with Crippen molar-refractivity contribution in [1.29, 1.82) is 5.26 Å². The van der Waals surface area contributed by atoms with E-state index >= 15 is 0 Å². The second kappa shape index (κ2) is 3.89. The molecule has 3 heterocycles. The lowest BCUT2D eigenvalue weighted by Gasteiger charge is -2.22. The lowest BCUT2D eigenvalue weighted by atomic mass is 10.1. The van der Waals surface area contributed by atoms with Crippen LogP contribution in [0.1, 0.15) is 6.42 Å². The van der Waals surface area contributed by atoms with Gasteiger partial charge in [-0.3, -0.25) is 0 Å². The summed E-state index contributed by atoms with van der Waals surface area (Å²) in [6.45, 7) is 2.77. The van der Waals surface area contributed by atoms with Crippen molar-refractivity contribution < 1.29 is 0 Å². The summed E-state index contributed by atoms with van der Waals surface area (Å²) >= 11 is 0. The van der Waals surface area contributed by atoms with Gasteiger partial charge in [0.1, 0.15) is 0 Å². The fourth-order valence-electron chi connectivity index (χ4n) is 3.38. The third-order valence-electron chi connectivity index (χ3n) is 4.34. The second-order valence-corrected chi connectivity index (χ2v) is 5.39. The molecule has 0 unspecified atom stereocenters. The number of imidazole rings is 1. The number of fused-ring (bicyclic) bond motifs is 2. The van der Waals surface area contributed by atoms with Crippen LogP contribution in [0.2, 0.25) is 0 Å². The SMILES string of the molecule is N#CN1C[C@H]2CCN(c3nc4ccccc4[nH]3)[C@H]2C1. The van der Waals surface area contributed by atoms with Gasteiger partial charge in [-0.1, -0.05) is 12.1 Å². The molecule has 0 spiro atoms. The largest absolute Gasteiger partial charge is 0.337 e. The molecule has 5 nitrogen and oxygen atoms in total. The van der Waals surface area contributed by atoms with E-state index in [9.17, 15) is 0 Å². The molecule has 2 saturated heterocycles. The maximum Gasteiger partial charge on any atom is 0.204 e. The van der Waals surface area contributed by atoms with Crippen molar-refractivity contribution in [2.24, 2.45) is 5.92 Å². The summed E-state index contributed by atoms with van der Waals surface area (Å²) in [6.07, 6.45) is 3.42. The van der Waals surface area contributed by atoms with Crippen LogP contribution in [0, 0.1) is 17.4 Å². The minimum atomic E-state index is 0.431. The van der Waals surface area contributed by atoms with E-state index in [-0.39, 0.29) is 0 Å². The average Bonchev–Trinajstić information content (AvgIpc) is 3.10. The van der Waals surface area contributed by atoms with Crippen molar-refractivity contribution in [2.75, 3.05) is 24.5 Å². The Hall–Kier alpha value is -2.22.